The fourth-order valence-corrected chi connectivity index (χ4v) is 6.37. The molecule has 224 valence electrons. The van der Waals surface area contributed by atoms with Crippen molar-refractivity contribution in [1.29, 1.82) is 0 Å². The third-order valence-electron chi connectivity index (χ3n) is 7.44. The SMILES string of the molecule is COc1ccc(S(=O)N2CCC(c3cc(NC(=O)c4cnn5cccnc45)n(-c4ccc(C)cc4)n3)CC2)cc1OC.O. The first-order chi connectivity index (χ1) is 20.4. The number of hydrogen-bond acceptors (Lipinski definition) is 7. The lowest BCUT2D eigenvalue weighted by molar-refractivity contribution is 0.102. The highest BCUT2D eigenvalue weighted by Gasteiger charge is 2.28. The lowest BCUT2D eigenvalue weighted by Crippen LogP contribution is -2.34. The number of amides is 1. The van der Waals surface area contributed by atoms with E-state index in [0.29, 0.717) is 46.5 Å². The molecule has 0 bridgehead atoms. The minimum Gasteiger partial charge on any atom is -0.493 e. The summed E-state index contributed by atoms with van der Waals surface area (Å²) in [5.41, 5.74) is 3.70. The van der Waals surface area contributed by atoms with Gasteiger partial charge in [-0.1, -0.05) is 17.7 Å². The Labute approximate surface area is 251 Å². The van der Waals surface area contributed by atoms with Gasteiger partial charge in [-0.25, -0.2) is 22.7 Å². The van der Waals surface area contributed by atoms with Crippen LogP contribution < -0.4 is 14.8 Å². The van der Waals surface area contributed by atoms with Crippen LogP contribution in [0.1, 0.15) is 40.4 Å². The fraction of sp³-hybridized carbons (Fsp3) is 0.267. The van der Waals surface area contributed by atoms with Gasteiger partial charge in [-0.2, -0.15) is 10.2 Å². The molecule has 3 N–H and O–H groups in total. The van der Waals surface area contributed by atoms with E-state index in [1.54, 1.807) is 60.1 Å². The standard InChI is InChI=1S/C30H31N7O4S.H2O/c1-20-5-7-22(8-6-20)37-28(33-30(38)24-19-32-36-14-4-13-31-29(24)36)18-25(34-37)21-11-15-35(16-12-21)42(39)23-9-10-26(40-2)27(17-23)41-3;/h4-10,13-14,17-19,21H,11-12,15-16H2,1-3H3,(H,33,38);1H2. The van der Waals surface area contributed by atoms with Gasteiger partial charge in [-0.05, 0) is 50.1 Å². The number of hydrogen-bond donors (Lipinski definition) is 1. The van der Waals surface area contributed by atoms with Gasteiger partial charge >= 0.3 is 0 Å². The molecule has 1 amide bonds. The molecular weight excluding hydrogens is 570 g/mol. The molecule has 0 saturated carbocycles. The van der Waals surface area contributed by atoms with Crippen molar-refractivity contribution >= 4 is 28.4 Å². The number of nitrogens with one attached hydrogen (secondary N) is 1. The van der Waals surface area contributed by atoms with Gasteiger partial charge in [0.05, 0.1) is 36.7 Å². The Bertz CT molecular complexity index is 1760. The number of methoxy groups -OCH3 is 2. The molecule has 1 fully saturated rings. The molecule has 13 heteroatoms. The number of aryl methyl sites for hydroxylation is 1. The monoisotopic (exact) mass is 603 g/mol. The molecule has 2 aromatic carbocycles. The molecule has 12 nitrogen and oxygen atoms in total. The van der Waals surface area contributed by atoms with Gasteiger partial charge in [0.1, 0.15) is 22.4 Å². The van der Waals surface area contributed by atoms with Crippen LogP contribution >= 0.6 is 0 Å². The van der Waals surface area contributed by atoms with Crippen LogP contribution in [0.2, 0.25) is 0 Å². The Morgan fingerprint density at radius 3 is 2.49 bits per heavy atom. The number of nitrogens with zero attached hydrogens (tertiary/aromatic N) is 6. The molecule has 1 aliphatic rings. The molecular formula is C30H33N7O5S. The molecule has 6 rings (SSSR count). The Hall–Kier alpha value is -4.59. The molecule has 5 aromatic rings. The average molecular weight is 604 g/mol. The zero-order valence-electron chi connectivity index (χ0n) is 24.1. The van der Waals surface area contributed by atoms with Crippen molar-refractivity contribution in [1.82, 2.24) is 28.7 Å². The van der Waals surface area contributed by atoms with Crippen molar-refractivity contribution in [2.75, 3.05) is 32.6 Å². The van der Waals surface area contributed by atoms with Crippen LogP contribution in [0.5, 0.6) is 11.5 Å². The van der Waals surface area contributed by atoms with E-state index in [1.165, 1.54) is 6.20 Å². The van der Waals surface area contributed by atoms with E-state index in [0.717, 1.165) is 29.8 Å². The first kappa shape index (κ1) is 29.9. The first-order valence-corrected chi connectivity index (χ1v) is 14.7. The van der Waals surface area contributed by atoms with Gasteiger partial charge in [-0.3, -0.25) is 4.79 Å². The van der Waals surface area contributed by atoms with Gasteiger partial charge in [0.2, 0.25) is 0 Å². The van der Waals surface area contributed by atoms with Crippen LogP contribution in [0.3, 0.4) is 0 Å². The first-order valence-electron chi connectivity index (χ1n) is 13.6. The third kappa shape index (κ3) is 6.00. The number of benzene rings is 2. The number of ether oxygens (including phenoxy) is 2. The maximum Gasteiger partial charge on any atom is 0.262 e. The van der Waals surface area contributed by atoms with E-state index in [-0.39, 0.29) is 17.3 Å². The molecule has 4 heterocycles. The van der Waals surface area contributed by atoms with E-state index < -0.39 is 11.0 Å². The normalized spacial score (nSPS) is 14.7. The highest BCUT2D eigenvalue weighted by molar-refractivity contribution is 7.82. The van der Waals surface area contributed by atoms with Crippen LogP contribution in [-0.2, 0) is 11.0 Å². The van der Waals surface area contributed by atoms with E-state index in [4.69, 9.17) is 14.6 Å². The van der Waals surface area contributed by atoms with Crippen LogP contribution in [0.15, 0.2) is 78.1 Å². The Morgan fingerprint density at radius 1 is 1.02 bits per heavy atom. The van der Waals surface area contributed by atoms with Gasteiger partial charge in [0.25, 0.3) is 5.91 Å². The highest BCUT2D eigenvalue weighted by Crippen LogP contribution is 2.34. The van der Waals surface area contributed by atoms with E-state index in [9.17, 15) is 9.00 Å². The Balaban J connectivity index is 0.00000368. The summed E-state index contributed by atoms with van der Waals surface area (Å²) in [6, 6.07) is 17.0. The van der Waals surface area contributed by atoms with Gasteiger partial charge in [-0.15, -0.1) is 0 Å². The summed E-state index contributed by atoms with van der Waals surface area (Å²) in [5.74, 6) is 1.54. The van der Waals surface area contributed by atoms with Crippen molar-refractivity contribution in [2.24, 2.45) is 0 Å². The zero-order chi connectivity index (χ0) is 29.2. The van der Waals surface area contributed by atoms with Crippen molar-refractivity contribution in [2.45, 2.75) is 30.6 Å². The van der Waals surface area contributed by atoms with Crippen molar-refractivity contribution in [3.63, 3.8) is 0 Å². The second kappa shape index (κ2) is 12.7. The maximum absolute atomic E-state index is 13.4. The number of fused-ring (bicyclic) bond motifs is 1. The molecule has 0 spiro atoms. The van der Waals surface area contributed by atoms with E-state index in [1.807, 2.05) is 41.6 Å². The number of aromatic nitrogens is 5. The van der Waals surface area contributed by atoms with Crippen molar-refractivity contribution < 1.29 is 24.0 Å². The average Bonchev–Trinajstić information content (AvgIpc) is 3.65. The number of carbonyl (C=O) groups excluding carboxylic acids is 1. The number of anilines is 1. The van der Waals surface area contributed by atoms with Crippen LogP contribution in [0.25, 0.3) is 11.3 Å². The molecule has 1 unspecified atom stereocenters. The maximum atomic E-state index is 13.4. The van der Waals surface area contributed by atoms with E-state index >= 15 is 0 Å². The summed E-state index contributed by atoms with van der Waals surface area (Å²) in [6.07, 6.45) is 6.44. The Kier molecular flexibility index (Phi) is 8.85. The molecule has 1 saturated heterocycles. The fourth-order valence-electron chi connectivity index (χ4n) is 5.13. The smallest absolute Gasteiger partial charge is 0.262 e. The number of rotatable bonds is 8. The van der Waals surface area contributed by atoms with Crippen molar-refractivity contribution in [3.05, 3.63) is 90.0 Å². The molecule has 1 atom stereocenters. The second-order valence-corrected chi connectivity index (χ2v) is 11.6. The third-order valence-corrected chi connectivity index (χ3v) is 8.93. The van der Waals surface area contributed by atoms with E-state index in [2.05, 4.69) is 15.4 Å². The van der Waals surface area contributed by atoms with Crippen LogP contribution in [-0.4, -0.2) is 71.6 Å². The molecule has 43 heavy (non-hydrogen) atoms. The zero-order valence-corrected chi connectivity index (χ0v) is 24.9. The topological polar surface area (TPSA) is 147 Å². The number of piperidine rings is 1. The minimum absolute atomic E-state index is 0. The summed E-state index contributed by atoms with van der Waals surface area (Å²) in [7, 11) is 1.81. The largest absolute Gasteiger partial charge is 0.493 e. The van der Waals surface area contributed by atoms with Crippen LogP contribution in [0.4, 0.5) is 5.82 Å². The highest BCUT2D eigenvalue weighted by atomic mass is 32.2. The van der Waals surface area contributed by atoms with Crippen molar-refractivity contribution in [3.8, 4) is 17.2 Å². The van der Waals surface area contributed by atoms with Crippen LogP contribution in [0, 0.1) is 6.92 Å². The molecule has 0 aliphatic carbocycles. The van der Waals surface area contributed by atoms with Gasteiger partial charge < -0.3 is 20.3 Å². The predicted octanol–water partition coefficient (Wildman–Crippen LogP) is 3.57. The second-order valence-electron chi connectivity index (χ2n) is 10.1. The summed E-state index contributed by atoms with van der Waals surface area (Å²) < 4.78 is 29.4. The van der Waals surface area contributed by atoms with Gasteiger partial charge in [0.15, 0.2) is 17.1 Å². The lowest BCUT2D eigenvalue weighted by atomic mass is 9.95. The summed E-state index contributed by atoms with van der Waals surface area (Å²) in [5, 5.41) is 12.2. The molecule has 3 aromatic heterocycles. The summed E-state index contributed by atoms with van der Waals surface area (Å²) >= 11 is 0. The predicted molar refractivity (Wildman–Crippen MR) is 162 cm³/mol. The minimum atomic E-state index is -1.33. The quantitative estimate of drug-likeness (QED) is 0.285. The Morgan fingerprint density at radius 2 is 1.77 bits per heavy atom. The lowest BCUT2D eigenvalue weighted by Gasteiger charge is -2.30. The van der Waals surface area contributed by atoms with Gasteiger partial charge in [0, 0.05) is 43.5 Å². The summed E-state index contributed by atoms with van der Waals surface area (Å²) in [6.45, 7) is 3.30. The molecule has 0 radical (unpaired) electrons. The summed E-state index contributed by atoms with van der Waals surface area (Å²) in [4.78, 5) is 18.3. The number of carbonyl (C=O) groups is 1. The molecule has 1 aliphatic heterocycles.